The third kappa shape index (κ3) is 16.2. The second kappa shape index (κ2) is 18.6. The highest BCUT2D eigenvalue weighted by Crippen LogP contribution is 2.06. The van der Waals surface area contributed by atoms with E-state index in [-0.39, 0.29) is 19.1 Å². The van der Waals surface area contributed by atoms with Crippen LogP contribution in [0.25, 0.3) is 0 Å². The first-order chi connectivity index (χ1) is 11.7. The molecule has 0 saturated carbocycles. The average molecular weight is 347 g/mol. The third-order valence-corrected chi connectivity index (χ3v) is 3.93. The molecular formula is C18H38N2O4. The highest BCUT2D eigenvalue weighted by Gasteiger charge is 2.03. The van der Waals surface area contributed by atoms with Crippen molar-refractivity contribution in [2.24, 2.45) is 0 Å². The summed E-state index contributed by atoms with van der Waals surface area (Å²) >= 11 is 0. The van der Waals surface area contributed by atoms with Gasteiger partial charge in [0.1, 0.15) is 0 Å². The smallest absolute Gasteiger partial charge is 0.219 e. The minimum absolute atomic E-state index is 0.0879. The summed E-state index contributed by atoms with van der Waals surface area (Å²) in [6.45, 7) is 6.04. The molecule has 6 heteroatoms. The van der Waals surface area contributed by atoms with Gasteiger partial charge < -0.3 is 20.3 Å². The van der Waals surface area contributed by atoms with Crippen molar-refractivity contribution in [1.29, 1.82) is 0 Å². The Labute approximate surface area is 147 Å². The van der Waals surface area contributed by atoms with Gasteiger partial charge in [0, 0.05) is 39.2 Å². The van der Waals surface area contributed by atoms with Crippen molar-refractivity contribution < 1.29 is 19.7 Å². The Kier molecular flexibility index (Phi) is 18.1. The lowest BCUT2D eigenvalue weighted by molar-refractivity contribution is -0.121. The first-order valence-electron chi connectivity index (χ1n) is 9.53. The van der Waals surface area contributed by atoms with Crippen LogP contribution in [-0.2, 0) is 9.53 Å². The maximum Gasteiger partial charge on any atom is 0.219 e. The number of hydrogen-bond acceptors (Lipinski definition) is 5. The summed E-state index contributed by atoms with van der Waals surface area (Å²) in [7, 11) is 0. The lowest BCUT2D eigenvalue weighted by atomic mass is 10.1. The monoisotopic (exact) mass is 346 g/mol. The number of carbonyl (C=O) groups is 1. The Balaban J connectivity index is 3.35. The van der Waals surface area contributed by atoms with Crippen molar-refractivity contribution in [3.8, 4) is 0 Å². The first kappa shape index (κ1) is 23.3. The van der Waals surface area contributed by atoms with Crippen molar-refractivity contribution in [3.05, 3.63) is 0 Å². The van der Waals surface area contributed by atoms with E-state index >= 15 is 0 Å². The van der Waals surface area contributed by atoms with Gasteiger partial charge in [-0.1, -0.05) is 39.0 Å². The highest BCUT2D eigenvalue weighted by molar-refractivity contribution is 5.75. The van der Waals surface area contributed by atoms with Crippen LogP contribution in [0.4, 0.5) is 0 Å². The van der Waals surface area contributed by atoms with Gasteiger partial charge in [-0.05, 0) is 12.8 Å². The molecule has 0 aromatic carbocycles. The van der Waals surface area contributed by atoms with Crippen LogP contribution in [0.2, 0.25) is 0 Å². The van der Waals surface area contributed by atoms with Gasteiger partial charge in [0.25, 0.3) is 0 Å². The van der Waals surface area contributed by atoms with Crippen LogP contribution >= 0.6 is 0 Å². The van der Waals surface area contributed by atoms with E-state index in [4.69, 9.17) is 14.9 Å². The van der Waals surface area contributed by atoms with Crippen molar-refractivity contribution in [1.82, 2.24) is 10.2 Å². The van der Waals surface area contributed by atoms with Gasteiger partial charge in [-0.2, -0.15) is 0 Å². The zero-order valence-corrected chi connectivity index (χ0v) is 15.5. The third-order valence-electron chi connectivity index (χ3n) is 3.93. The standard InChI is InChI=1S/C18H38N2O4/c1-2-3-4-5-6-7-9-18(23)19-10-8-16-24-17-13-20(11-14-21)12-15-22/h21-22H,2-17H2,1H3,(H,19,23). The molecule has 0 radical (unpaired) electrons. The molecule has 0 fully saturated rings. The quantitative estimate of drug-likeness (QED) is 0.328. The van der Waals surface area contributed by atoms with Crippen molar-refractivity contribution >= 4 is 5.91 Å². The molecule has 0 aliphatic rings. The van der Waals surface area contributed by atoms with E-state index in [0.717, 1.165) is 19.3 Å². The molecule has 0 unspecified atom stereocenters. The Hall–Kier alpha value is -0.690. The van der Waals surface area contributed by atoms with Crippen LogP contribution in [0.3, 0.4) is 0 Å². The van der Waals surface area contributed by atoms with E-state index in [9.17, 15) is 4.79 Å². The normalized spacial score (nSPS) is 11.2. The van der Waals surface area contributed by atoms with Gasteiger partial charge >= 0.3 is 0 Å². The number of nitrogens with zero attached hydrogens (tertiary/aromatic N) is 1. The maximum atomic E-state index is 11.6. The zero-order chi connectivity index (χ0) is 17.9. The second-order valence-corrected chi connectivity index (χ2v) is 6.12. The predicted molar refractivity (Wildman–Crippen MR) is 97.1 cm³/mol. The molecule has 0 aromatic heterocycles. The summed E-state index contributed by atoms with van der Waals surface area (Å²) in [5.74, 6) is 0.141. The molecule has 0 aromatic rings. The summed E-state index contributed by atoms with van der Waals surface area (Å²) in [5, 5.41) is 20.7. The molecule has 0 rings (SSSR count). The van der Waals surface area contributed by atoms with Gasteiger partial charge in [-0.3, -0.25) is 9.69 Å². The fourth-order valence-corrected chi connectivity index (χ4v) is 2.47. The Morgan fingerprint density at radius 2 is 1.58 bits per heavy atom. The number of unbranched alkanes of at least 4 members (excludes halogenated alkanes) is 5. The SMILES string of the molecule is CCCCCCCCC(=O)NCCCOCCN(CCO)CCO. The van der Waals surface area contributed by atoms with Gasteiger partial charge in [-0.25, -0.2) is 0 Å². The van der Waals surface area contributed by atoms with Crippen LogP contribution in [0, 0.1) is 0 Å². The molecule has 24 heavy (non-hydrogen) atoms. The van der Waals surface area contributed by atoms with E-state index in [1.54, 1.807) is 0 Å². The Bertz CT molecular complexity index is 272. The van der Waals surface area contributed by atoms with E-state index in [1.165, 1.54) is 25.7 Å². The highest BCUT2D eigenvalue weighted by atomic mass is 16.5. The topological polar surface area (TPSA) is 82.0 Å². The molecule has 0 spiro atoms. The summed E-state index contributed by atoms with van der Waals surface area (Å²) in [6.07, 6.45) is 8.63. The molecule has 0 atom stereocenters. The summed E-state index contributed by atoms with van der Waals surface area (Å²) in [5.41, 5.74) is 0. The molecule has 0 saturated heterocycles. The first-order valence-corrected chi connectivity index (χ1v) is 9.53. The van der Waals surface area contributed by atoms with Gasteiger partial charge in [0.15, 0.2) is 0 Å². The van der Waals surface area contributed by atoms with Crippen molar-refractivity contribution in [2.45, 2.75) is 58.3 Å². The molecule has 144 valence electrons. The van der Waals surface area contributed by atoms with E-state index in [0.29, 0.717) is 45.8 Å². The fourth-order valence-electron chi connectivity index (χ4n) is 2.47. The zero-order valence-electron chi connectivity index (χ0n) is 15.5. The predicted octanol–water partition coefficient (Wildman–Crippen LogP) is 1.55. The summed E-state index contributed by atoms with van der Waals surface area (Å²) in [6, 6.07) is 0. The summed E-state index contributed by atoms with van der Waals surface area (Å²) < 4.78 is 5.52. The van der Waals surface area contributed by atoms with Crippen LogP contribution < -0.4 is 5.32 Å². The molecule has 0 aliphatic heterocycles. The van der Waals surface area contributed by atoms with Gasteiger partial charge in [-0.15, -0.1) is 0 Å². The Morgan fingerprint density at radius 1 is 0.917 bits per heavy atom. The van der Waals surface area contributed by atoms with E-state index in [1.807, 2.05) is 4.90 Å². The van der Waals surface area contributed by atoms with Gasteiger partial charge in [0.2, 0.25) is 5.91 Å². The summed E-state index contributed by atoms with van der Waals surface area (Å²) in [4.78, 5) is 13.6. The lowest BCUT2D eigenvalue weighted by Crippen LogP contribution is -2.33. The number of ether oxygens (including phenoxy) is 1. The van der Waals surface area contributed by atoms with Crippen molar-refractivity contribution in [2.75, 3.05) is 52.6 Å². The number of nitrogens with one attached hydrogen (secondary N) is 1. The molecule has 3 N–H and O–H groups in total. The van der Waals surface area contributed by atoms with Crippen LogP contribution in [-0.4, -0.2) is 73.6 Å². The number of amides is 1. The number of aliphatic hydroxyl groups is 2. The minimum Gasteiger partial charge on any atom is -0.395 e. The lowest BCUT2D eigenvalue weighted by Gasteiger charge is -2.19. The number of carbonyl (C=O) groups excluding carboxylic acids is 1. The minimum atomic E-state index is 0.0879. The van der Waals surface area contributed by atoms with Crippen LogP contribution in [0.5, 0.6) is 0 Å². The molecule has 0 aliphatic carbocycles. The molecule has 0 heterocycles. The second-order valence-electron chi connectivity index (χ2n) is 6.12. The van der Waals surface area contributed by atoms with E-state index < -0.39 is 0 Å². The fraction of sp³-hybridized carbons (Fsp3) is 0.944. The molecular weight excluding hydrogens is 308 g/mol. The molecule has 1 amide bonds. The van der Waals surface area contributed by atoms with Gasteiger partial charge in [0.05, 0.1) is 19.8 Å². The molecule has 0 bridgehead atoms. The Morgan fingerprint density at radius 3 is 2.25 bits per heavy atom. The average Bonchev–Trinajstić information content (AvgIpc) is 2.57. The number of aliphatic hydroxyl groups excluding tert-OH is 2. The van der Waals surface area contributed by atoms with Crippen molar-refractivity contribution in [3.63, 3.8) is 0 Å². The van der Waals surface area contributed by atoms with Crippen LogP contribution in [0.15, 0.2) is 0 Å². The maximum absolute atomic E-state index is 11.6. The largest absolute Gasteiger partial charge is 0.395 e. The number of rotatable bonds is 18. The number of hydrogen-bond donors (Lipinski definition) is 3. The van der Waals surface area contributed by atoms with Crippen LogP contribution in [0.1, 0.15) is 58.3 Å². The molecule has 6 nitrogen and oxygen atoms in total. The van der Waals surface area contributed by atoms with E-state index in [2.05, 4.69) is 12.2 Å².